The maximum atomic E-state index is 12.1. The minimum atomic E-state index is -0.330. The number of nitrogens with one attached hydrogen (secondary N) is 1. The summed E-state index contributed by atoms with van der Waals surface area (Å²) < 4.78 is 0. The first-order chi connectivity index (χ1) is 10.6. The van der Waals surface area contributed by atoms with E-state index in [1.165, 1.54) is 6.20 Å². The third-order valence-corrected chi connectivity index (χ3v) is 3.56. The van der Waals surface area contributed by atoms with Crippen molar-refractivity contribution in [3.05, 3.63) is 47.4 Å². The van der Waals surface area contributed by atoms with Crippen LogP contribution in [0, 0.1) is 0 Å². The Morgan fingerprint density at radius 2 is 2.05 bits per heavy atom. The molecule has 1 heterocycles. The lowest BCUT2D eigenvalue weighted by molar-refractivity contribution is 0.102. The molecule has 1 aromatic carbocycles. The largest absolute Gasteiger partial charge is 0.358 e. The Hall–Kier alpha value is -2.14. The minimum absolute atomic E-state index is 0.257. The number of nitrogens with zero attached hydrogens (tertiary/aromatic N) is 3. The SMILES string of the molecule is CCCCN(C)c1cnc(C(=O)Nc2ccccc2Cl)cn1. The number of hydrogen-bond acceptors (Lipinski definition) is 4. The summed E-state index contributed by atoms with van der Waals surface area (Å²) in [5.74, 6) is 0.422. The van der Waals surface area contributed by atoms with E-state index in [-0.39, 0.29) is 11.6 Å². The van der Waals surface area contributed by atoms with Crippen molar-refractivity contribution in [1.82, 2.24) is 9.97 Å². The summed E-state index contributed by atoms with van der Waals surface area (Å²) in [5, 5.41) is 3.21. The van der Waals surface area contributed by atoms with Crippen molar-refractivity contribution in [3.63, 3.8) is 0 Å². The van der Waals surface area contributed by atoms with E-state index in [1.54, 1.807) is 30.5 Å². The number of para-hydroxylation sites is 1. The van der Waals surface area contributed by atoms with Gasteiger partial charge in [-0.3, -0.25) is 4.79 Å². The number of unbranched alkanes of at least 4 members (excludes halogenated alkanes) is 1. The number of aromatic nitrogens is 2. The molecule has 1 amide bonds. The first kappa shape index (κ1) is 16.2. The Balaban J connectivity index is 2.04. The Bertz CT molecular complexity index is 630. The number of halogens is 1. The molecule has 6 heteroatoms. The molecule has 0 unspecified atom stereocenters. The van der Waals surface area contributed by atoms with Crippen molar-refractivity contribution in [2.75, 3.05) is 23.8 Å². The van der Waals surface area contributed by atoms with Crippen molar-refractivity contribution in [3.8, 4) is 0 Å². The van der Waals surface area contributed by atoms with E-state index in [4.69, 9.17) is 11.6 Å². The van der Waals surface area contributed by atoms with E-state index < -0.39 is 0 Å². The predicted octanol–water partition coefficient (Wildman–Crippen LogP) is 3.62. The highest BCUT2D eigenvalue weighted by Gasteiger charge is 2.11. The fraction of sp³-hybridized carbons (Fsp3) is 0.312. The Morgan fingerprint density at radius 1 is 1.27 bits per heavy atom. The topological polar surface area (TPSA) is 58.1 Å². The summed E-state index contributed by atoms with van der Waals surface area (Å²) in [6.45, 7) is 3.05. The molecule has 0 atom stereocenters. The van der Waals surface area contributed by atoms with Crippen LogP contribution >= 0.6 is 11.6 Å². The van der Waals surface area contributed by atoms with Gasteiger partial charge in [-0.25, -0.2) is 9.97 Å². The monoisotopic (exact) mass is 318 g/mol. The number of carbonyl (C=O) groups is 1. The molecular formula is C16H19ClN4O. The van der Waals surface area contributed by atoms with Gasteiger partial charge >= 0.3 is 0 Å². The molecule has 0 aliphatic heterocycles. The summed E-state index contributed by atoms with van der Waals surface area (Å²) in [7, 11) is 1.96. The Kier molecular flexibility index (Phi) is 5.72. The zero-order valence-corrected chi connectivity index (χ0v) is 13.5. The normalized spacial score (nSPS) is 10.3. The van der Waals surface area contributed by atoms with Gasteiger partial charge in [0.1, 0.15) is 11.5 Å². The quantitative estimate of drug-likeness (QED) is 0.883. The minimum Gasteiger partial charge on any atom is -0.358 e. The zero-order chi connectivity index (χ0) is 15.9. The molecule has 0 aliphatic carbocycles. The number of benzene rings is 1. The smallest absolute Gasteiger partial charge is 0.275 e. The van der Waals surface area contributed by atoms with Crippen molar-refractivity contribution in [1.29, 1.82) is 0 Å². The molecule has 1 N–H and O–H groups in total. The van der Waals surface area contributed by atoms with Crippen LogP contribution in [0.3, 0.4) is 0 Å². The van der Waals surface area contributed by atoms with Gasteiger partial charge in [-0.05, 0) is 18.6 Å². The van der Waals surface area contributed by atoms with Gasteiger partial charge in [-0.15, -0.1) is 0 Å². The molecule has 0 fully saturated rings. The number of carbonyl (C=O) groups excluding carboxylic acids is 1. The van der Waals surface area contributed by atoms with Crippen molar-refractivity contribution in [2.24, 2.45) is 0 Å². The molecular weight excluding hydrogens is 300 g/mol. The van der Waals surface area contributed by atoms with E-state index in [1.807, 2.05) is 11.9 Å². The fourth-order valence-corrected chi connectivity index (χ4v) is 2.08. The molecule has 2 aromatic rings. The lowest BCUT2D eigenvalue weighted by Gasteiger charge is -2.17. The van der Waals surface area contributed by atoms with E-state index in [2.05, 4.69) is 22.2 Å². The van der Waals surface area contributed by atoms with E-state index in [9.17, 15) is 4.79 Å². The van der Waals surface area contributed by atoms with Crippen LogP contribution in [0.15, 0.2) is 36.7 Å². The molecule has 0 bridgehead atoms. The lowest BCUT2D eigenvalue weighted by Crippen LogP contribution is -2.21. The number of rotatable bonds is 6. The molecule has 0 radical (unpaired) electrons. The molecule has 22 heavy (non-hydrogen) atoms. The van der Waals surface area contributed by atoms with Crippen LogP contribution in [0.25, 0.3) is 0 Å². The van der Waals surface area contributed by atoms with E-state index in [0.29, 0.717) is 10.7 Å². The van der Waals surface area contributed by atoms with Gasteiger partial charge in [0.2, 0.25) is 0 Å². The van der Waals surface area contributed by atoms with Crippen LogP contribution in [0.2, 0.25) is 5.02 Å². The van der Waals surface area contributed by atoms with Gasteiger partial charge in [0.15, 0.2) is 0 Å². The van der Waals surface area contributed by atoms with Crippen molar-refractivity contribution in [2.45, 2.75) is 19.8 Å². The first-order valence-corrected chi connectivity index (χ1v) is 7.58. The zero-order valence-electron chi connectivity index (χ0n) is 12.7. The molecule has 2 rings (SSSR count). The number of hydrogen-bond donors (Lipinski definition) is 1. The molecule has 116 valence electrons. The second-order valence-electron chi connectivity index (χ2n) is 4.97. The van der Waals surface area contributed by atoms with Crippen LogP contribution in [-0.2, 0) is 0 Å². The van der Waals surface area contributed by atoms with Gasteiger partial charge < -0.3 is 10.2 Å². The standard InChI is InChI=1S/C16H19ClN4O/c1-3-4-9-21(2)15-11-18-14(10-19-15)16(22)20-13-8-6-5-7-12(13)17/h5-8,10-11H,3-4,9H2,1-2H3,(H,20,22). The highest BCUT2D eigenvalue weighted by Crippen LogP contribution is 2.21. The predicted molar refractivity (Wildman–Crippen MR) is 89.6 cm³/mol. The maximum Gasteiger partial charge on any atom is 0.275 e. The molecule has 0 spiro atoms. The highest BCUT2D eigenvalue weighted by molar-refractivity contribution is 6.33. The van der Waals surface area contributed by atoms with Crippen LogP contribution in [-0.4, -0.2) is 29.5 Å². The molecule has 5 nitrogen and oxygen atoms in total. The fourth-order valence-electron chi connectivity index (χ4n) is 1.89. The van der Waals surface area contributed by atoms with Gasteiger partial charge in [0, 0.05) is 13.6 Å². The van der Waals surface area contributed by atoms with E-state index in [0.717, 1.165) is 25.2 Å². The summed E-state index contributed by atoms with van der Waals surface area (Å²) in [6.07, 6.45) is 5.30. The third-order valence-electron chi connectivity index (χ3n) is 3.23. The summed E-state index contributed by atoms with van der Waals surface area (Å²) >= 11 is 6.01. The van der Waals surface area contributed by atoms with Gasteiger partial charge in [-0.1, -0.05) is 37.1 Å². The summed E-state index contributed by atoms with van der Waals surface area (Å²) in [6, 6.07) is 7.06. The number of anilines is 2. The van der Waals surface area contributed by atoms with Crippen LogP contribution in [0.4, 0.5) is 11.5 Å². The first-order valence-electron chi connectivity index (χ1n) is 7.21. The van der Waals surface area contributed by atoms with Gasteiger partial charge in [0.25, 0.3) is 5.91 Å². The Morgan fingerprint density at radius 3 is 2.68 bits per heavy atom. The maximum absolute atomic E-state index is 12.1. The molecule has 0 saturated heterocycles. The van der Waals surface area contributed by atoms with Crippen molar-refractivity contribution < 1.29 is 4.79 Å². The third kappa shape index (κ3) is 4.18. The Labute approximate surface area is 135 Å². The average molecular weight is 319 g/mol. The second-order valence-corrected chi connectivity index (χ2v) is 5.38. The second kappa shape index (κ2) is 7.75. The van der Waals surface area contributed by atoms with Crippen LogP contribution < -0.4 is 10.2 Å². The average Bonchev–Trinajstić information content (AvgIpc) is 2.55. The van der Waals surface area contributed by atoms with Crippen LogP contribution in [0.5, 0.6) is 0 Å². The highest BCUT2D eigenvalue weighted by atomic mass is 35.5. The molecule has 0 aliphatic rings. The summed E-state index contributed by atoms with van der Waals surface area (Å²) in [5.41, 5.74) is 0.813. The number of amides is 1. The van der Waals surface area contributed by atoms with E-state index >= 15 is 0 Å². The van der Waals surface area contributed by atoms with Gasteiger partial charge in [0.05, 0.1) is 23.1 Å². The lowest BCUT2D eigenvalue weighted by atomic mass is 10.3. The molecule has 1 aromatic heterocycles. The van der Waals surface area contributed by atoms with Crippen LogP contribution in [0.1, 0.15) is 30.3 Å². The summed E-state index contributed by atoms with van der Waals surface area (Å²) in [4.78, 5) is 22.6. The van der Waals surface area contributed by atoms with Crippen molar-refractivity contribution >= 4 is 29.0 Å². The molecule has 0 saturated carbocycles. The van der Waals surface area contributed by atoms with Gasteiger partial charge in [-0.2, -0.15) is 0 Å².